The van der Waals surface area contributed by atoms with Crippen molar-refractivity contribution in [3.05, 3.63) is 82.1 Å². The maximum Gasteiger partial charge on any atom is 0.178 e. The number of benzene rings is 2. The monoisotopic (exact) mass is 341 g/mol. The summed E-state index contributed by atoms with van der Waals surface area (Å²) in [5.74, 6) is -0.508. The zero-order valence-corrected chi connectivity index (χ0v) is 14.7. The van der Waals surface area contributed by atoms with Gasteiger partial charge in [0.15, 0.2) is 11.6 Å². The normalized spacial score (nSPS) is 24.1. The van der Waals surface area contributed by atoms with Crippen molar-refractivity contribution in [2.24, 2.45) is 10.9 Å². The smallest absolute Gasteiger partial charge is 0.178 e. The number of aryl methyl sites for hydroxylation is 1. The van der Waals surface area contributed by atoms with Crippen LogP contribution in [0.15, 0.2) is 64.8 Å². The predicted octanol–water partition coefficient (Wildman–Crippen LogP) is 4.14. The first-order valence-electron chi connectivity index (χ1n) is 9.20. The average Bonchev–Trinajstić information content (AvgIpc) is 2.98. The summed E-state index contributed by atoms with van der Waals surface area (Å²) in [5.41, 5.74) is 6.42. The second-order valence-corrected chi connectivity index (χ2v) is 7.41. The average molecular weight is 341 g/mol. The molecule has 2 aliphatic carbocycles. The van der Waals surface area contributed by atoms with Crippen LogP contribution in [0.25, 0.3) is 0 Å². The molecular formula is C23H19NO2. The van der Waals surface area contributed by atoms with Crippen LogP contribution in [0.3, 0.4) is 0 Å². The van der Waals surface area contributed by atoms with Gasteiger partial charge in [0.2, 0.25) is 0 Å². The molecule has 0 fully saturated rings. The highest BCUT2D eigenvalue weighted by Crippen LogP contribution is 2.47. The molecular weight excluding hydrogens is 322 g/mol. The molecule has 1 heterocycles. The maximum absolute atomic E-state index is 13.4. The van der Waals surface area contributed by atoms with Gasteiger partial charge in [-0.25, -0.2) is 0 Å². The molecule has 0 amide bonds. The summed E-state index contributed by atoms with van der Waals surface area (Å²) < 4.78 is 0. The van der Waals surface area contributed by atoms with E-state index in [-0.39, 0.29) is 23.4 Å². The van der Waals surface area contributed by atoms with E-state index in [4.69, 9.17) is 4.99 Å². The van der Waals surface area contributed by atoms with Crippen LogP contribution in [-0.2, 0) is 9.59 Å². The lowest BCUT2D eigenvalue weighted by atomic mass is 9.76. The van der Waals surface area contributed by atoms with Crippen molar-refractivity contribution in [2.75, 3.05) is 0 Å². The van der Waals surface area contributed by atoms with Crippen LogP contribution in [0.4, 0.5) is 0 Å². The van der Waals surface area contributed by atoms with Gasteiger partial charge in [0.05, 0.1) is 22.9 Å². The molecule has 0 radical (unpaired) electrons. The fourth-order valence-electron chi connectivity index (χ4n) is 4.58. The second-order valence-electron chi connectivity index (χ2n) is 7.41. The summed E-state index contributed by atoms with van der Waals surface area (Å²) in [6.45, 7) is 2.06. The Kier molecular flexibility index (Phi) is 3.33. The highest BCUT2D eigenvalue weighted by Gasteiger charge is 2.48. The molecule has 2 unspecified atom stereocenters. The quantitative estimate of drug-likeness (QED) is 0.732. The minimum absolute atomic E-state index is 0.0299. The lowest BCUT2D eigenvalue weighted by Gasteiger charge is -2.27. The Hall–Kier alpha value is -2.81. The van der Waals surface area contributed by atoms with Crippen LogP contribution in [-0.4, -0.2) is 17.3 Å². The number of nitrogens with zero attached hydrogens (tertiary/aromatic N) is 1. The van der Waals surface area contributed by atoms with E-state index in [1.807, 2.05) is 12.1 Å². The van der Waals surface area contributed by atoms with Gasteiger partial charge in [0.1, 0.15) is 0 Å². The Labute approximate surface area is 152 Å². The van der Waals surface area contributed by atoms with Gasteiger partial charge in [0.25, 0.3) is 0 Å². The van der Waals surface area contributed by atoms with E-state index in [0.29, 0.717) is 17.7 Å². The van der Waals surface area contributed by atoms with Crippen LogP contribution < -0.4 is 0 Å². The fraction of sp³-hybridized carbons (Fsp3) is 0.261. The SMILES string of the molecule is Cc1ccc(C2c3ccccc3C3=NC4=C(C(=O)CCC4)C(=O)C32)cc1. The molecule has 3 heteroatoms. The number of fused-ring (bicyclic) bond motifs is 3. The number of carbonyl (C=O) groups excluding carboxylic acids is 2. The third-order valence-corrected chi connectivity index (χ3v) is 5.81. The molecule has 2 aromatic rings. The van der Waals surface area contributed by atoms with E-state index < -0.39 is 0 Å². The summed E-state index contributed by atoms with van der Waals surface area (Å²) in [5, 5.41) is 0. The van der Waals surface area contributed by atoms with Crippen molar-refractivity contribution in [1.82, 2.24) is 0 Å². The molecule has 0 saturated heterocycles. The lowest BCUT2D eigenvalue weighted by Crippen LogP contribution is -2.34. The van der Waals surface area contributed by atoms with Crippen molar-refractivity contribution < 1.29 is 9.59 Å². The Bertz CT molecular complexity index is 1010. The Balaban J connectivity index is 1.73. The number of carbonyl (C=O) groups is 2. The van der Waals surface area contributed by atoms with Crippen molar-refractivity contribution >= 4 is 17.3 Å². The standard InChI is InChI=1S/C23H19NO2/c1-13-9-11-14(12-10-13)19-15-5-2-3-6-16(15)22-21(19)23(26)20-17(24-22)7-4-8-18(20)25/h2-3,5-6,9-12,19,21H,4,7-8H2,1H3. The first kappa shape index (κ1) is 15.4. The van der Waals surface area contributed by atoms with E-state index in [2.05, 4.69) is 43.3 Å². The van der Waals surface area contributed by atoms with Crippen molar-refractivity contribution in [1.29, 1.82) is 0 Å². The number of hydrogen-bond acceptors (Lipinski definition) is 3. The van der Waals surface area contributed by atoms with E-state index >= 15 is 0 Å². The minimum atomic E-state index is -0.379. The molecule has 0 aromatic heterocycles. The van der Waals surface area contributed by atoms with Gasteiger partial charge >= 0.3 is 0 Å². The second kappa shape index (κ2) is 5.60. The molecule has 3 nitrogen and oxygen atoms in total. The number of Topliss-reactive ketones (excluding diaryl/α,β-unsaturated/α-hetero) is 2. The van der Waals surface area contributed by atoms with Crippen LogP contribution in [0.1, 0.15) is 47.4 Å². The van der Waals surface area contributed by atoms with Gasteiger partial charge in [-0.1, -0.05) is 54.1 Å². The van der Waals surface area contributed by atoms with Gasteiger partial charge in [-0.15, -0.1) is 0 Å². The third kappa shape index (κ3) is 2.10. The van der Waals surface area contributed by atoms with Crippen molar-refractivity contribution in [3.8, 4) is 0 Å². The van der Waals surface area contributed by atoms with Gasteiger partial charge in [-0.3, -0.25) is 14.6 Å². The van der Waals surface area contributed by atoms with Crippen molar-refractivity contribution in [2.45, 2.75) is 32.1 Å². The summed E-state index contributed by atoms with van der Waals surface area (Å²) >= 11 is 0. The highest BCUT2D eigenvalue weighted by molar-refractivity contribution is 6.32. The Morgan fingerprint density at radius 3 is 2.50 bits per heavy atom. The third-order valence-electron chi connectivity index (χ3n) is 5.81. The number of hydrogen-bond donors (Lipinski definition) is 0. The van der Waals surface area contributed by atoms with Crippen LogP contribution in [0.2, 0.25) is 0 Å². The maximum atomic E-state index is 13.4. The first-order chi connectivity index (χ1) is 12.6. The summed E-state index contributed by atoms with van der Waals surface area (Å²) in [7, 11) is 0. The molecule has 26 heavy (non-hydrogen) atoms. The summed E-state index contributed by atoms with van der Waals surface area (Å²) in [4.78, 5) is 30.7. The van der Waals surface area contributed by atoms with E-state index in [1.165, 1.54) is 5.56 Å². The Morgan fingerprint density at radius 1 is 0.923 bits per heavy atom. The first-order valence-corrected chi connectivity index (χ1v) is 9.20. The number of ketones is 2. The molecule has 2 aromatic carbocycles. The summed E-state index contributed by atoms with van der Waals surface area (Å²) in [6, 6.07) is 16.5. The van der Waals surface area contributed by atoms with Gasteiger partial charge in [-0.05, 0) is 30.9 Å². The molecule has 5 rings (SSSR count). The fourth-order valence-corrected chi connectivity index (χ4v) is 4.58. The number of aliphatic imine (C=N–C) groups is 1. The van der Waals surface area contributed by atoms with Crippen molar-refractivity contribution in [3.63, 3.8) is 0 Å². The molecule has 0 N–H and O–H groups in total. The van der Waals surface area contributed by atoms with Gasteiger partial charge in [-0.2, -0.15) is 0 Å². The molecule has 0 spiro atoms. The molecule has 3 aliphatic rings. The predicted molar refractivity (Wildman–Crippen MR) is 100 cm³/mol. The van der Waals surface area contributed by atoms with E-state index in [9.17, 15) is 9.59 Å². The number of rotatable bonds is 1. The zero-order chi connectivity index (χ0) is 17.8. The van der Waals surface area contributed by atoms with E-state index in [1.54, 1.807) is 0 Å². The molecule has 0 bridgehead atoms. The highest BCUT2D eigenvalue weighted by atomic mass is 16.1. The molecule has 0 saturated carbocycles. The van der Waals surface area contributed by atoms with E-state index in [0.717, 1.165) is 35.2 Å². The van der Waals surface area contributed by atoms with Gasteiger partial charge in [0, 0.05) is 17.9 Å². The molecule has 1 aliphatic heterocycles. The largest absolute Gasteiger partial charge is 0.294 e. The number of allylic oxidation sites excluding steroid dienone is 2. The zero-order valence-electron chi connectivity index (χ0n) is 14.7. The minimum Gasteiger partial charge on any atom is -0.294 e. The van der Waals surface area contributed by atoms with Gasteiger partial charge < -0.3 is 0 Å². The topological polar surface area (TPSA) is 46.5 Å². The lowest BCUT2D eigenvalue weighted by molar-refractivity contribution is -0.123. The van der Waals surface area contributed by atoms with Crippen LogP contribution >= 0.6 is 0 Å². The Morgan fingerprint density at radius 2 is 1.69 bits per heavy atom. The van der Waals surface area contributed by atoms with Crippen LogP contribution in [0, 0.1) is 12.8 Å². The summed E-state index contributed by atoms with van der Waals surface area (Å²) in [6.07, 6.45) is 1.97. The molecule has 128 valence electrons. The molecule has 2 atom stereocenters. The van der Waals surface area contributed by atoms with Crippen LogP contribution in [0.5, 0.6) is 0 Å².